The number of hydrogen-bond acceptors (Lipinski definition) is 5. The van der Waals surface area contributed by atoms with E-state index in [0.29, 0.717) is 12.0 Å². The highest BCUT2D eigenvalue weighted by atomic mass is 16.2. The highest BCUT2D eigenvalue weighted by Crippen LogP contribution is 2.33. The van der Waals surface area contributed by atoms with Crippen molar-refractivity contribution >= 4 is 23.4 Å². The van der Waals surface area contributed by atoms with Crippen molar-refractivity contribution in [2.24, 2.45) is 11.8 Å². The van der Waals surface area contributed by atoms with Crippen molar-refractivity contribution in [2.45, 2.75) is 51.9 Å². The number of nitrogens with one attached hydrogen (secondary N) is 1. The number of hydrogen-bond donors (Lipinski definition) is 1. The molecule has 0 saturated carbocycles. The minimum Gasteiger partial charge on any atom is -0.374 e. The Labute approximate surface area is 141 Å². The van der Waals surface area contributed by atoms with Gasteiger partial charge in [-0.1, -0.05) is 6.92 Å². The molecule has 2 aliphatic heterocycles. The molecule has 3 aliphatic rings. The van der Waals surface area contributed by atoms with Gasteiger partial charge in [0.2, 0.25) is 11.8 Å². The summed E-state index contributed by atoms with van der Waals surface area (Å²) in [6, 6.07) is 0. The van der Waals surface area contributed by atoms with Crippen LogP contribution in [-0.4, -0.2) is 41.4 Å². The fourth-order valence-corrected chi connectivity index (χ4v) is 4.04. The molecule has 3 rings (SSSR count). The Morgan fingerprint density at radius 3 is 2.29 bits per heavy atom. The van der Waals surface area contributed by atoms with Crippen LogP contribution >= 0.6 is 0 Å². The molecule has 0 bridgehead atoms. The van der Waals surface area contributed by atoms with Gasteiger partial charge in [0.05, 0.1) is 5.57 Å². The smallest absolute Gasteiger partial charge is 0.226 e. The Morgan fingerprint density at radius 1 is 1.04 bits per heavy atom. The molecular formula is C18H24N2O4. The van der Waals surface area contributed by atoms with Crippen LogP contribution in [0, 0.1) is 11.8 Å². The second-order valence-corrected chi connectivity index (χ2v) is 7.33. The molecule has 0 radical (unpaired) electrons. The van der Waals surface area contributed by atoms with E-state index in [1.165, 1.54) is 0 Å². The third kappa shape index (κ3) is 3.57. The van der Waals surface area contributed by atoms with E-state index in [0.717, 1.165) is 38.0 Å². The van der Waals surface area contributed by atoms with Gasteiger partial charge >= 0.3 is 0 Å². The van der Waals surface area contributed by atoms with Gasteiger partial charge in [-0.25, -0.2) is 0 Å². The first-order valence-electron chi connectivity index (χ1n) is 8.81. The van der Waals surface area contributed by atoms with Crippen molar-refractivity contribution < 1.29 is 19.2 Å². The van der Waals surface area contributed by atoms with E-state index in [2.05, 4.69) is 10.2 Å². The van der Waals surface area contributed by atoms with E-state index in [-0.39, 0.29) is 54.5 Å². The zero-order valence-corrected chi connectivity index (χ0v) is 14.1. The van der Waals surface area contributed by atoms with E-state index >= 15 is 0 Å². The molecule has 2 fully saturated rings. The number of allylic oxidation sites excluding steroid dienone is 2. The summed E-state index contributed by atoms with van der Waals surface area (Å²) in [4.78, 5) is 50.5. The SMILES string of the molecule is C[C@@H]1CC(=O)C(C(=O)CC2CC(=O)NC(=O)C2)=C(N2CCCC2)C1. The number of carbonyl (C=O) groups excluding carboxylic acids is 4. The number of nitrogens with zero attached hydrogens (tertiary/aromatic N) is 1. The minimum atomic E-state index is -0.332. The first-order chi connectivity index (χ1) is 11.4. The number of rotatable bonds is 4. The van der Waals surface area contributed by atoms with Gasteiger partial charge < -0.3 is 4.90 Å². The molecule has 6 nitrogen and oxygen atoms in total. The molecule has 1 aliphatic carbocycles. The molecule has 0 unspecified atom stereocenters. The maximum Gasteiger partial charge on any atom is 0.226 e. The molecule has 1 N–H and O–H groups in total. The van der Waals surface area contributed by atoms with E-state index in [1.807, 2.05) is 6.92 Å². The van der Waals surface area contributed by atoms with Crippen molar-refractivity contribution in [1.29, 1.82) is 0 Å². The maximum atomic E-state index is 12.8. The van der Waals surface area contributed by atoms with Crippen molar-refractivity contribution in [3.63, 3.8) is 0 Å². The van der Waals surface area contributed by atoms with Crippen LogP contribution in [0.15, 0.2) is 11.3 Å². The van der Waals surface area contributed by atoms with Gasteiger partial charge in [0.15, 0.2) is 11.6 Å². The van der Waals surface area contributed by atoms with Crippen LogP contribution < -0.4 is 5.32 Å². The largest absolute Gasteiger partial charge is 0.374 e. The van der Waals surface area contributed by atoms with Crippen LogP contribution in [0.4, 0.5) is 0 Å². The fraction of sp³-hybridized carbons (Fsp3) is 0.667. The number of carbonyl (C=O) groups is 4. The summed E-state index contributed by atoms with van der Waals surface area (Å²) < 4.78 is 0. The highest BCUT2D eigenvalue weighted by Gasteiger charge is 2.35. The highest BCUT2D eigenvalue weighted by molar-refractivity contribution is 6.21. The predicted molar refractivity (Wildman–Crippen MR) is 86.7 cm³/mol. The topological polar surface area (TPSA) is 83.5 Å². The Hall–Kier alpha value is -1.98. The van der Waals surface area contributed by atoms with Crippen molar-refractivity contribution in [3.05, 3.63) is 11.3 Å². The zero-order valence-electron chi connectivity index (χ0n) is 14.1. The van der Waals surface area contributed by atoms with Crippen LogP contribution in [0.25, 0.3) is 0 Å². The molecule has 2 amide bonds. The number of Topliss-reactive ketones (excluding diaryl/α,β-unsaturated/α-hetero) is 2. The van der Waals surface area contributed by atoms with Crippen LogP contribution in [-0.2, 0) is 19.2 Å². The molecular weight excluding hydrogens is 308 g/mol. The summed E-state index contributed by atoms with van der Waals surface area (Å²) >= 11 is 0. The van der Waals surface area contributed by atoms with Crippen molar-refractivity contribution in [3.8, 4) is 0 Å². The Morgan fingerprint density at radius 2 is 1.67 bits per heavy atom. The molecule has 0 aromatic rings. The number of piperidine rings is 1. The van der Waals surface area contributed by atoms with Gasteiger partial charge in [0, 0.05) is 44.5 Å². The van der Waals surface area contributed by atoms with Gasteiger partial charge in [-0.15, -0.1) is 0 Å². The zero-order chi connectivity index (χ0) is 17.3. The summed E-state index contributed by atoms with van der Waals surface area (Å²) in [7, 11) is 0. The van der Waals surface area contributed by atoms with E-state index < -0.39 is 0 Å². The maximum absolute atomic E-state index is 12.8. The lowest BCUT2D eigenvalue weighted by Gasteiger charge is -2.31. The van der Waals surface area contributed by atoms with E-state index in [1.54, 1.807) is 0 Å². The second kappa shape index (κ2) is 6.87. The molecule has 6 heteroatoms. The number of amides is 2. The summed E-state index contributed by atoms with van der Waals surface area (Å²) in [6.07, 6.45) is 3.80. The van der Waals surface area contributed by atoms with Crippen LogP contribution in [0.2, 0.25) is 0 Å². The predicted octanol–water partition coefficient (Wildman–Crippen LogP) is 1.35. The van der Waals surface area contributed by atoms with Gasteiger partial charge in [-0.2, -0.15) is 0 Å². The molecule has 1 atom stereocenters. The Bertz CT molecular complexity index is 601. The molecule has 2 saturated heterocycles. The summed E-state index contributed by atoms with van der Waals surface area (Å²) in [5.41, 5.74) is 1.24. The molecule has 130 valence electrons. The first-order valence-corrected chi connectivity index (χ1v) is 8.81. The minimum absolute atomic E-state index is 0.0766. The van der Waals surface area contributed by atoms with Crippen molar-refractivity contribution in [1.82, 2.24) is 10.2 Å². The normalized spacial score (nSPS) is 26.1. The lowest BCUT2D eigenvalue weighted by Crippen LogP contribution is -2.39. The van der Waals surface area contributed by atoms with Crippen molar-refractivity contribution in [2.75, 3.05) is 13.1 Å². The monoisotopic (exact) mass is 332 g/mol. The van der Waals surface area contributed by atoms with Gasteiger partial charge in [0.25, 0.3) is 0 Å². The average Bonchev–Trinajstić information content (AvgIpc) is 2.98. The number of likely N-dealkylation sites (tertiary alicyclic amines) is 1. The van der Waals surface area contributed by atoms with E-state index in [9.17, 15) is 19.2 Å². The summed E-state index contributed by atoms with van der Waals surface area (Å²) in [6.45, 7) is 3.84. The average molecular weight is 332 g/mol. The van der Waals surface area contributed by atoms with Crippen LogP contribution in [0.1, 0.15) is 51.9 Å². The first kappa shape index (κ1) is 16.9. The lowest BCUT2D eigenvalue weighted by molar-refractivity contribution is -0.135. The van der Waals surface area contributed by atoms with Crippen LogP contribution in [0.3, 0.4) is 0 Å². The second-order valence-electron chi connectivity index (χ2n) is 7.33. The van der Waals surface area contributed by atoms with Gasteiger partial charge in [0.1, 0.15) is 0 Å². The van der Waals surface area contributed by atoms with Crippen LogP contribution in [0.5, 0.6) is 0 Å². The molecule has 0 aromatic carbocycles. The summed E-state index contributed by atoms with van der Waals surface area (Å²) in [5.74, 6) is -0.971. The standard InChI is InChI=1S/C18H24N2O4/c1-11-6-13(20-4-2-3-5-20)18(14(21)7-11)15(22)8-12-9-16(23)19-17(24)10-12/h11-12H,2-10H2,1H3,(H,19,23,24)/t11-/m0/s1. The fourth-order valence-electron chi connectivity index (χ4n) is 4.04. The third-order valence-corrected chi connectivity index (χ3v) is 5.11. The third-order valence-electron chi connectivity index (χ3n) is 5.11. The molecule has 0 spiro atoms. The lowest BCUT2D eigenvalue weighted by atomic mass is 9.81. The van der Waals surface area contributed by atoms with Gasteiger partial charge in [-0.05, 0) is 31.1 Å². The molecule has 2 heterocycles. The summed E-state index contributed by atoms with van der Waals surface area (Å²) in [5, 5.41) is 2.25. The Kier molecular flexibility index (Phi) is 4.83. The number of ketones is 2. The van der Waals surface area contributed by atoms with E-state index in [4.69, 9.17) is 0 Å². The molecule has 0 aromatic heterocycles. The Balaban J connectivity index is 1.81. The quantitative estimate of drug-likeness (QED) is 0.620. The molecule has 24 heavy (non-hydrogen) atoms. The number of imide groups is 1. The van der Waals surface area contributed by atoms with Gasteiger partial charge in [-0.3, -0.25) is 24.5 Å².